The molecule has 0 aliphatic heterocycles. The lowest BCUT2D eigenvalue weighted by Gasteiger charge is -2.27. The molecule has 0 aliphatic carbocycles. The van der Waals surface area contributed by atoms with Crippen molar-refractivity contribution in [1.29, 1.82) is 0 Å². The zero-order valence-corrected chi connectivity index (χ0v) is 30.3. The van der Waals surface area contributed by atoms with Gasteiger partial charge in [0, 0.05) is 17.1 Å². The highest BCUT2D eigenvalue weighted by Crippen LogP contribution is 2.42. The molecule has 1 nitrogen and oxygen atoms in total. The molecule has 55 heavy (non-hydrogen) atoms. The van der Waals surface area contributed by atoms with Crippen molar-refractivity contribution in [3.63, 3.8) is 0 Å². The van der Waals surface area contributed by atoms with E-state index in [1.54, 1.807) is 0 Å². The second kappa shape index (κ2) is 14.0. The molecular formula is C54H37N. The molecule has 258 valence electrons. The van der Waals surface area contributed by atoms with E-state index in [-0.39, 0.29) is 0 Å². The van der Waals surface area contributed by atoms with Crippen LogP contribution in [0, 0.1) is 0 Å². The van der Waals surface area contributed by atoms with Crippen molar-refractivity contribution in [2.24, 2.45) is 0 Å². The molecule has 0 atom stereocenters. The molecule has 0 fully saturated rings. The first kappa shape index (κ1) is 32.4. The Morgan fingerprint density at radius 2 is 0.673 bits per heavy atom. The van der Waals surface area contributed by atoms with E-state index >= 15 is 0 Å². The smallest absolute Gasteiger partial charge is 0.0468 e. The summed E-state index contributed by atoms with van der Waals surface area (Å²) in [5, 5.41) is 7.50. The maximum absolute atomic E-state index is 2.40. The molecule has 0 N–H and O–H groups in total. The van der Waals surface area contributed by atoms with Gasteiger partial charge < -0.3 is 4.90 Å². The minimum absolute atomic E-state index is 1.10. The fraction of sp³-hybridized carbons (Fsp3) is 0. The van der Waals surface area contributed by atoms with E-state index in [9.17, 15) is 0 Å². The zero-order valence-electron chi connectivity index (χ0n) is 30.3. The lowest BCUT2D eigenvalue weighted by Crippen LogP contribution is -2.10. The highest BCUT2D eigenvalue weighted by atomic mass is 15.1. The highest BCUT2D eigenvalue weighted by Gasteiger charge is 2.18. The first-order chi connectivity index (χ1) is 27.2. The van der Waals surface area contributed by atoms with Gasteiger partial charge in [0.25, 0.3) is 0 Å². The number of hydrogen-bond donors (Lipinski definition) is 0. The van der Waals surface area contributed by atoms with Crippen LogP contribution in [0.25, 0.3) is 76.8 Å². The molecular weight excluding hydrogens is 663 g/mol. The molecule has 0 bridgehead atoms. The van der Waals surface area contributed by atoms with Gasteiger partial charge in [-0.1, -0.05) is 182 Å². The zero-order chi connectivity index (χ0) is 36.6. The van der Waals surface area contributed by atoms with E-state index in [1.165, 1.54) is 76.8 Å². The molecule has 0 saturated heterocycles. The number of anilines is 3. The second-order valence-corrected chi connectivity index (χ2v) is 14.2. The van der Waals surface area contributed by atoms with Crippen molar-refractivity contribution in [2.45, 2.75) is 0 Å². The lowest BCUT2D eigenvalue weighted by atomic mass is 9.93. The van der Waals surface area contributed by atoms with Crippen molar-refractivity contribution in [3.05, 3.63) is 224 Å². The maximum atomic E-state index is 2.40. The van der Waals surface area contributed by atoms with Crippen LogP contribution in [0.5, 0.6) is 0 Å². The van der Waals surface area contributed by atoms with Gasteiger partial charge in [-0.2, -0.15) is 0 Å². The summed E-state index contributed by atoms with van der Waals surface area (Å²) in [6, 6.07) is 81.5. The van der Waals surface area contributed by atoms with E-state index in [2.05, 4.69) is 229 Å². The Labute approximate surface area is 322 Å². The van der Waals surface area contributed by atoms with Gasteiger partial charge in [-0.05, 0) is 119 Å². The Morgan fingerprint density at radius 1 is 0.218 bits per heavy atom. The van der Waals surface area contributed by atoms with Gasteiger partial charge >= 0.3 is 0 Å². The van der Waals surface area contributed by atoms with Crippen LogP contribution in [0.15, 0.2) is 224 Å². The molecule has 10 rings (SSSR count). The van der Waals surface area contributed by atoms with Gasteiger partial charge in [0.1, 0.15) is 0 Å². The number of hydrogen-bond acceptors (Lipinski definition) is 1. The Bertz CT molecular complexity index is 2950. The molecule has 0 radical (unpaired) electrons. The number of rotatable bonds is 7. The molecule has 0 saturated carbocycles. The van der Waals surface area contributed by atoms with Gasteiger partial charge in [0.05, 0.1) is 0 Å². The van der Waals surface area contributed by atoms with Crippen LogP contribution in [0.2, 0.25) is 0 Å². The fourth-order valence-electron chi connectivity index (χ4n) is 8.00. The highest BCUT2D eigenvalue weighted by molar-refractivity contribution is 6.09. The van der Waals surface area contributed by atoms with Crippen LogP contribution in [0.3, 0.4) is 0 Å². The van der Waals surface area contributed by atoms with Gasteiger partial charge in [-0.15, -0.1) is 0 Å². The molecule has 1 heteroatoms. The average Bonchev–Trinajstić information content (AvgIpc) is 3.27. The van der Waals surface area contributed by atoms with E-state index in [0.717, 1.165) is 17.1 Å². The summed E-state index contributed by atoms with van der Waals surface area (Å²) in [7, 11) is 0. The standard InChI is InChI=1S/C54H37N/c1-3-12-42(13-4-1)52-34-33-50(37-53(52)43-14-5-2-6-15-43)55(49-32-29-45-25-24-44-16-9-10-18-51(44)54(45)36-49)48-30-27-40(28-31-48)39-19-21-41(22-20-39)47-26-23-38-11-7-8-17-46(38)35-47/h1-37H. The average molecular weight is 700 g/mol. The number of nitrogens with zero attached hydrogens (tertiary/aromatic N) is 1. The predicted octanol–water partition coefficient (Wildman–Crippen LogP) is 15.3. The quantitative estimate of drug-likeness (QED) is 0.150. The van der Waals surface area contributed by atoms with Crippen LogP contribution in [0.1, 0.15) is 0 Å². The van der Waals surface area contributed by atoms with E-state index in [0.29, 0.717) is 0 Å². The van der Waals surface area contributed by atoms with Crippen molar-refractivity contribution in [1.82, 2.24) is 0 Å². The Morgan fingerprint density at radius 3 is 1.38 bits per heavy atom. The molecule has 0 heterocycles. The topological polar surface area (TPSA) is 3.24 Å². The maximum Gasteiger partial charge on any atom is 0.0468 e. The summed E-state index contributed by atoms with van der Waals surface area (Å²) >= 11 is 0. The van der Waals surface area contributed by atoms with Gasteiger partial charge in [-0.3, -0.25) is 0 Å². The van der Waals surface area contributed by atoms with Crippen molar-refractivity contribution >= 4 is 49.4 Å². The Balaban J connectivity index is 1.08. The summed E-state index contributed by atoms with van der Waals surface area (Å²) < 4.78 is 0. The summed E-state index contributed by atoms with van der Waals surface area (Å²) in [5.41, 5.74) is 12.9. The fourth-order valence-corrected chi connectivity index (χ4v) is 8.00. The third-order valence-electron chi connectivity index (χ3n) is 10.8. The van der Waals surface area contributed by atoms with Crippen LogP contribution in [-0.2, 0) is 0 Å². The third-order valence-corrected chi connectivity index (χ3v) is 10.8. The third kappa shape index (κ3) is 6.22. The minimum atomic E-state index is 1.10. The normalized spacial score (nSPS) is 11.3. The summed E-state index contributed by atoms with van der Waals surface area (Å²) in [6.07, 6.45) is 0. The summed E-state index contributed by atoms with van der Waals surface area (Å²) in [4.78, 5) is 2.40. The van der Waals surface area contributed by atoms with Crippen molar-refractivity contribution < 1.29 is 0 Å². The predicted molar refractivity (Wildman–Crippen MR) is 235 cm³/mol. The lowest BCUT2D eigenvalue weighted by molar-refractivity contribution is 1.29. The largest absolute Gasteiger partial charge is 0.310 e. The molecule has 10 aromatic carbocycles. The molecule has 0 amide bonds. The van der Waals surface area contributed by atoms with E-state index < -0.39 is 0 Å². The Hall–Kier alpha value is -7.22. The number of fused-ring (bicyclic) bond motifs is 4. The van der Waals surface area contributed by atoms with Crippen LogP contribution in [0.4, 0.5) is 17.1 Å². The van der Waals surface area contributed by atoms with E-state index in [1.807, 2.05) is 0 Å². The Kier molecular flexibility index (Phi) is 8.24. The minimum Gasteiger partial charge on any atom is -0.310 e. The summed E-state index contributed by atoms with van der Waals surface area (Å²) in [5.74, 6) is 0. The first-order valence-electron chi connectivity index (χ1n) is 18.9. The number of benzene rings is 10. The SMILES string of the molecule is c1ccc(-c2ccc(N(c3ccc(-c4ccc(-c5ccc6ccccc6c5)cc4)cc3)c3ccc4ccc5ccccc5c4c3)cc2-c2ccccc2)cc1. The monoisotopic (exact) mass is 699 g/mol. The van der Waals surface area contributed by atoms with Crippen LogP contribution >= 0.6 is 0 Å². The molecule has 0 aromatic heterocycles. The molecule has 0 unspecified atom stereocenters. The summed E-state index contributed by atoms with van der Waals surface area (Å²) in [6.45, 7) is 0. The van der Waals surface area contributed by atoms with Crippen molar-refractivity contribution in [3.8, 4) is 44.5 Å². The van der Waals surface area contributed by atoms with Gasteiger partial charge in [-0.25, -0.2) is 0 Å². The van der Waals surface area contributed by atoms with Gasteiger partial charge in [0.2, 0.25) is 0 Å². The molecule has 10 aromatic rings. The first-order valence-corrected chi connectivity index (χ1v) is 18.9. The van der Waals surface area contributed by atoms with Crippen LogP contribution < -0.4 is 4.90 Å². The molecule has 0 spiro atoms. The van der Waals surface area contributed by atoms with Crippen molar-refractivity contribution in [2.75, 3.05) is 4.90 Å². The van der Waals surface area contributed by atoms with E-state index in [4.69, 9.17) is 0 Å². The molecule has 0 aliphatic rings. The van der Waals surface area contributed by atoms with Gasteiger partial charge in [0.15, 0.2) is 0 Å². The van der Waals surface area contributed by atoms with Crippen LogP contribution in [-0.4, -0.2) is 0 Å². The second-order valence-electron chi connectivity index (χ2n) is 14.2.